The Morgan fingerprint density at radius 2 is 1.86 bits per heavy atom. The Morgan fingerprint density at radius 3 is 2.54 bits per heavy atom. The molecule has 0 saturated heterocycles. The molecule has 3 fully saturated rings. The zero-order valence-corrected chi connectivity index (χ0v) is 23.6. The Bertz CT molecular complexity index is 928. The molecule has 208 valence electrons. The third-order valence-corrected chi connectivity index (χ3v) is 8.92. The molecule has 3 N–H and O–H groups in total. The van der Waals surface area contributed by atoms with Gasteiger partial charge in [-0.1, -0.05) is 50.3 Å². The number of allylic oxidation sites excluding steroid dienone is 4. The van der Waals surface area contributed by atoms with Gasteiger partial charge in [0, 0.05) is 6.42 Å². The summed E-state index contributed by atoms with van der Waals surface area (Å²) in [4.78, 5) is 11.9. The fraction of sp³-hybridized carbons (Fsp3) is 0.710. The quantitative estimate of drug-likeness (QED) is 0.283. The van der Waals surface area contributed by atoms with Gasteiger partial charge in [0.15, 0.2) is 0 Å². The second kappa shape index (κ2) is 11.9. The maximum absolute atomic E-state index is 11.9. The number of carbonyl (C=O) groups is 1. The van der Waals surface area contributed by atoms with E-state index in [0.29, 0.717) is 24.7 Å². The van der Waals surface area contributed by atoms with Crippen LogP contribution in [0, 0.1) is 23.2 Å². The van der Waals surface area contributed by atoms with Crippen molar-refractivity contribution in [3.8, 4) is 0 Å². The maximum Gasteiger partial charge on any atom is 0.509 e. The summed E-state index contributed by atoms with van der Waals surface area (Å²) in [6.07, 6.45) is 11.5. The van der Waals surface area contributed by atoms with Gasteiger partial charge in [-0.25, -0.2) is 4.79 Å². The zero-order chi connectivity index (χ0) is 27.5. The van der Waals surface area contributed by atoms with Crippen LogP contribution >= 0.6 is 0 Å². The highest BCUT2D eigenvalue weighted by atomic mass is 16.7. The predicted molar refractivity (Wildman–Crippen MR) is 146 cm³/mol. The Labute approximate surface area is 223 Å². The van der Waals surface area contributed by atoms with Crippen LogP contribution in [-0.2, 0) is 9.47 Å². The predicted octanol–water partition coefficient (Wildman–Crippen LogP) is 6.02. The van der Waals surface area contributed by atoms with E-state index in [1.807, 2.05) is 0 Å². The van der Waals surface area contributed by atoms with Gasteiger partial charge >= 0.3 is 6.16 Å². The number of rotatable bonds is 7. The number of hydrogen-bond donors (Lipinski definition) is 3. The van der Waals surface area contributed by atoms with E-state index in [0.717, 1.165) is 36.8 Å². The van der Waals surface area contributed by atoms with Crippen molar-refractivity contribution in [2.24, 2.45) is 23.2 Å². The fourth-order valence-electron chi connectivity index (χ4n) is 6.75. The van der Waals surface area contributed by atoms with Crippen molar-refractivity contribution >= 4 is 6.16 Å². The van der Waals surface area contributed by atoms with E-state index in [9.17, 15) is 20.1 Å². The van der Waals surface area contributed by atoms with Crippen LogP contribution in [0.15, 0.2) is 47.6 Å². The summed E-state index contributed by atoms with van der Waals surface area (Å²) in [6.45, 7) is 15.6. The molecule has 0 aliphatic heterocycles. The van der Waals surface area contributed by atoms with Crippen molar-refractivity contribution < 1.29 is 29.6 Å². The minimum atomic E-state index is -1.09. The molecule has 0 amide bonds. The smallest absolute Gasteiger partial charge is 0.432 e. The molecule has 0 aromatic rings. The van der Waals surface area contributed by atoms with Gasteiger partial charge in [-0.05, 0) is 101 Å². The molecule has 0 bridgehead atoms. The van der Waals surface area contributed by atoms with E-state index >= 15 is 0 Å². The first-order chi connectivity index (χ1) is 17.2. The molecular weight excluding hydrogens is 468 g/mol. The lowest BCUT2D eigenvalue weighted by Gasteiger charge is -2.44. The first-order valence-corrected chi connectivity index (χ1v) is 14.0. The lowest BCUT2D eigenvalue weighted by atomic mass is 9.61. The van der Waals surface area contributed by atoms with Crippen molar-refractivity contribution in [3.63, 3.8) is 0 Å². The van der Waals surface area contributed by atoms with Crippen molar-refractivity contribution in [1.82, 2.24) is 0 Å². The lowest BCUT2D eigenvalue weighted by molar-refractivity contribution is -0.0733. The van der Waals surface area contributed by atoms with Gasteiger partial charge in [-0.15, -0.1) is 0 Å². The van der Waals surface area contributed by atoms with Gasteiger partial charge in [0.05, 0.1) is 18.3 Å². The summed E-state index contributed by atoms with van der Waals surface area (Å²) in [7, 11) is 0. The summed E-state index contributed by atoms with van der Waals surface area (Å²) in [5, 5.41) is 31.0. The summed E-state index contributed by atoms with van der Waals surface area (Å²) >= 11 is 0. The van der Waals surface area contributed by atoms with Gasteiger partial charge in [-0.2, -0.15) is 0 Å². The number of aliphatic hydroxyl groups excluding tert-OH is 3. The number of fused-ring (bicyclic) bond motifs is 1. The molecule has 3 aliphatic carbocycles. The van der Waals surface area contributed by atoms with E-state index in [1.54, 1.807) is 33.8 Å². The fourth-order valence-corrected chi connectivity index (χ4v) is 6.75. The molecule has 3 saturated carbocycles. The standard InChI is InChI=1S/C31H48O6/c1-19(2)36-29(35)37-30(5,6)28(34)15-10-20(3)25-13-14-26-22(9-8-16-31(25,26)7)11-12-23-17-24(32)18-27(33)21(23)4/h10-12,15,19-20,24-28,32-34H,4,8-9,13-14,16-18H2,1-3,5-7H3/b15-10+,22-11+,23-12-/t20-,24-,25-,26+,27+,28-,31-/m1/s1. The second-order valence-electron chi connectivity index (χ2n) is 12.5. The molecule has 0 radical (unpaired) electrons. The van der Waals surface area contributed by atoms with Crippen LogP contribution in [0.5, 0.6) is 0 Å². The molecular formula is C31H48O6. The topological polar surface area (TPSA) is 96.2 Å². The summed E-state index contributed by atoms with van der Waals surface area (Å²) in [6, 6.07) is 0. The van der Waals surface area contributed by atoms with Crippen molar-refractivity contribution in [3.05, 3.63) is 47.6 Å². The molecule has 7 atom stereocenters. The minimum Gasteiger partial charge on any atom is -0.432 e. The van der Waals surface area contributed by atoms with E-state index < -0.39 is 30.1 Å². The van der Waals surface area contributed by atoms with E-state index in [2.05, 4.69) is 38.7 Å². The Morgan fingerprint density at radius 1 is 1.16 bits per heavy atom. The maximum atomic E-state index is 11.9. The summed E-state index contributed by atoms with van der Waals surface area (Å²) < 4.78 is 10.4. The second-order valence-corrected chi connectivity index (χ2v) is 12.5. The van der Waals surface area contributed by atoms with E-state index in [4.69, 9.17) is 9.47 Å². The lowest BCUT2D eigenvalue weighted by Crippen LogP contribution is -2.40. The highest BCUT2D eigenvalue weighted by Crippen LogP contribution is 2.59. The Balaban J connectivity index is 1.69. The van der Waals surface area contributed by atoms with E-state index in [1.165, 1.54) is 12.0 Å². The van der Waals surface area contributed by atoms with E-state index in [-0.39, 0.29) is 17.4 Å². The Hall–Kier alpha value is -1.89. The molecule has 37 heavy (non-hydrogen) atoms. The first kappa shape index (κ1) is 29.7. The monoisotopic (exact) mass is 516 g/mol. The highest BCUT2D eigenvalue weighted by molar-refractivity contribution is 5.60. The van der Waals surface area contributed by atoms with Crippen molar-refractivity contribution in [2.75, 3.05) is 0 Å². The minimum absolute atomic E-state index is 0.174. The van der Waals surface area contributed by atoms with Gasteiger partial charge in [0.1, 0.15) is 11.7 Å². The molecule has 0 unspecified atom stereocenters. The van der Waals surface area contributed by atoms with Crippen molar-refractivity contribution in [2.45, 2.75) is 117 Å². The highest BCUT2D eigenvalue weighted by Gasteiger charge is 2.50. The van der Waals surface area contributed by atoms with Gasteiger partial charge in [-0.3, -0.25) is 0 Å². The number of ether oxygens (including phenoxy) is 2. The molecule has 3 aliphatic rings. The van der Waals surface area contributed by atoms with Crippen LogP contribution in [0.2, 0.25) is 0 Å². The molecule has 0 aromatic heterocycles. The summed E-state index contributed by atoms with van der Waals surface area (Å²) in [5.41, 5.74) is 2.22. The molecule has 0 aromatic carbocycles. The van der Waals surface area contributed by atoms with Crippen LogP contribution in [0.1, 0.15) is 86.5 Å². The molecule has 3 rings (SSSR count). The molecule has 6 nitrogen and oxygen atoms in total. The molecule has 0 spiro atoms. The SMILES string of the molecule is C=C1/C(=C\C=C2/CCC[C@]3(C)[C@@H]([C@H](C)/C=C/[C@@H](O)C(C)(C)OC(=O)OC(C)C)CC[C@@H]23)C[C@@H](O)C[C@@H]1O. The van der Waals surface area contributed by atoms with Crippen LogP contribution in [0.3, 0.4) is 0 Å². The van der Waals surface area contributed by atoms with Gasteiger partial charge in [0.2, 0.25) is 0 Å². The molecule has 0 heterocycles. The van der Waals surface area contributed by atoms with Crippen LogP contribution in [-0.4, -0.2) is 51.5 Å². The third kappa shape index (κ3) is 6.96. The summed E-state index contributed by atoms with van der Waals surface area (Å²) in [5.74, 6) is 1.26. The number of carbonyl (C=O) groups excluding carboxylic acids is 1. The van der Waals surface area contributed by atoms with Crippen LogP contribution < -0.4 is 0 Å². The normalized spacial score (nSPS) is 34.7. The molecule has 6 heteroatoms. The van der Waals surface area contributed by atoms with Crippen LogP contribution in [0.4, 0.5) is 4.79 Å². The third-order valence-electron chi connectivity index (χ3n) is 8.92. The average Bonchev–Trinajstić information content (AvgIpc) is 3.15. The first-order valence-electron chi connectivity index (χ1n) is 14.0. The zero-order valence-electron chi connectivity index (χ0n) is 23.6. The average molecular weight is 517 g/mol. The number of aliphatic hydroxyl groups is 3. The Kier molecular flexibility index (Phi) is 9.52. The largest absolute Gasteiger partial charge is 0.509 e. The number of hydrogen-bond acceptors (Lipinski definition) is 6. The van der Waals surface area contributed by atoms with Gasteiger partial charge in [0.25, 0.3) is 0 Å². The van der Waals surface area contributed by atoms with Crippen LogP contribution in [0.25, 0.3) is 0 Å². The van der Waals surface area contributed by atoms with Crippen molar-refractivity contribution in [1.29, 1.82) is 0 Å². The van der Waals surface area contributed by atoms with Gasteiger partial charge < -0.3 is 24.8 Å².